The summed E-state index contributed by atoms with van der Waals surface area (Å²) >= 11 is 0. The molecule has 1 aromatic heterocycles. The number of hydrogen-bond donors (Lipinski definition) is 1. The maximum atomic E-state index is 5.54. The average molecular weight is 348 g/mol. The van der Waals surface area contributed by atoms with Gasteiger partial charge >= 0.3 is 0 Å². The van der Waals surface area contributed by atoms with Crippen LogP contribution in [0.15, 0.2) is 47.0 Å². The molecule has 2 heterocycles. The van der Waals surface area contributed by atoms with Crippen molar-refractivity contribution < 1.29 is 4.52 Å². The Bertz CT molecular complexity index is 883. The molecule has 2 aromatic carbocycles. The summed E-state index contributed by atoms with van der Waals surface area (Å²) in [6.07, 6.45) is 2.11. The second-order valence-electron chi connectivity index (χ2n) is 7.09. The molecule has 5 heteroatoms. The maximum Gasteiger partial charge on any atom is 0.258 e. The normalized spacial score (nSPS) is 14.3. The molecular formula is C21H24N4O. The van der Waals surface area contributed by atoms with Crippen molar-refractivity contribution in [1.29, 1.82) is 0 Å². The highest BCUT2D eigenvalue weighted by molar-refractivity contribution is 5.61. The van der Waals surface area contributed by atoms with Crippen LogP contribution in [0, 0.1) is 0 Å². The van der Waals surface area contributed by atoms with Gasteiger partial charge in [0.05, 0.1) is 0 Å². The SMILES string of the molecule is CN(C)Cc1ccc(-c2noc(-c3ccc4c(c3)CCNCC4)n2)cc1. The van der Waals surface area contributed by atoms with Crippen molar-refractivity contribution in [1.82, 2.24) is 20.4 Å². The second kappa shape index (κ2) is 7.40. The smallest absolute Gasteiger partial charge is 0.258 e. The molecule has 0 amide bonds. The van der Waals surface area contributed by atoms with Gasteiger partial charge in [-0.1, -0.05) is 35.5 Å². The summed E-state index contributed by atoms with van der Waals surface area (Å²) in [4.78, 5) is 6.76. The van der Waals surface area contributed by atoms with Gasteiger partial charge < -0.3 is 14.7 Å². The van der Waals surface area contributed by atoms with Gasteiger partial charge in [0.25, 0.3) is 5.89 Å². The van der Waals surface area contributed by atoms with Gasteiger partial charge in [0.1, 0.15) is 0 Å². The van der Waals surface area contributed by atoms with E-state index in [-0.39, 0.29) is 0 Å². The topological polar surface area (TPSA) is 54.2 Å². The Morgan fingerprint density at radius 2 is 1.69 bits per heavy atom. The van der Waals surface area contributed by atoms with Crippen LogP contribution >= 0.6 is 0 Å². The lowest BCUT2D eigenvalue weighted by atomic mass is 10.00. The summed E-state index contributed by atoms with van der Waals surface area (Å²) in [7, 11) is 4.13. The summed E-state index contributed by atoms with van der Waals surface area (Å²) in [6.45, 7) is 2.98. The van der Waals surface area contributed by atoms with Gasteiger partial charge in [-0.25, -0.2) is 0 Å². The number of aromatic nitrogens is 2. The lowest BCUT2D eigenvalue weighted by Gasteiger charge is -2.09. The second-order valence-corrected chi connectivity index (χ2v) is 7.09. The fourth-order valence-corrected chi connectivity index (χ4v) is 3.39. The van der Waals surface area contributed by atoms with Crippen LogP contribution < -0.4 is 5.32 Å². The summed E-state index contributed by atoms with van der Waals surface area (Å²) in [5, 5.41) is 7.62. The fraction of sp³-hybridized carbons (Fsp3) is 0.333. The summed E-state index contributed by atoms with van der Waals surface area (Å²) in [5.74, 6) is 1.21. The van der Waals surface area contributed by atoms with Crippen molar-refractivity contribution in [3.05, 3.63) is 59.2 Å². The molecule has 0 fully saturated rings. The van der Waals surface area contributed by atoms with Crippen LogP contribution in [0.2, 0.25) is 0 Å². The molecule has 0 spiro atoms. The molecule has 0 radical (unpaired) electrons. The lowest BCUT2D eigenvalue weighted by Crippen LogP contribution is -2.16. The van der Waals surface area contributed by atoms with E-state index in [2.05, 4.69) is 76.9 Å². The van der Waals surface area contributed by atoms with E-state index < -0.39 is 0 Å². The van der Waals surface area contributed by atoms with Crippen LogP contribution in [-0.4, -0.2) is 42.2 Å². The lowest BCUT2D eigenvalue weighted by molar-refractivity contribution is 0.402. The van der Waals surface area contributed by atoms with E-state index >= 15 is 0 Å². The predicted molar refractivity (Wildman–Crippen MR) is 103 cm³/mol. The molecule has 0 saturated heterocycles. The Balaban J connectivity index is 1.57. The zero-order chi connectivity index (χ0) is 17.9. The van der Waals surface area contributed by atoms with E-state index in [9.17, 15) is 0 Å². The molecule has 0 atom stereocenters. The van der Waals surface area contributed by atoms with Crippen molar-refractivity contribution >= 4 is 0 Å². The Labute approximate surface area is 154 Å². The number of hydrogen-bond acceptors (Lipinski definition) is 5. The van der Waals surface area contributed by atoms with Crippen LogP contribution in [0.25, 0.3) is 22.8 Å². The first kappa shape index (κ1) is 16.9. The Morgan fingerprint density at radius 3 is 2.46 bits per heavy atom. The molecule has 134 valence electrons. The van der Waals surface area contributed by atoms with E-state index in [1.807, 2.05) is 0 Å². The first-order valence-corrected chi connectivity index (χ1v) is 9.10. The van der Waals surface area contributed by atoms with Crippen LogP contribution in [0.1, 0.15) is 16.7 Å². The van der Waals surface area contributed by atoms with Crippen molar-refractivity contribution in [2.45, 2.75) is 19.4 Å². The largest absolute Gasteiger partial charge is 0.334 e. The highest BCUT2D eigenvalue weighted by atomic mass is 16.5. The molecule has 1 aliphatic rings. The highest BCUT2D eigenvalue weighted by Gasteiger charge is 2.14. The van der Waals surface area contributed by atoms with Crippen molar-refractivity contribution in [3.63, 3.8) is 0 Å². The molecular weight excluding hydrogens is 324 g/mol. The number of fused-ring (bicyclic) bond motifs is 1. The van der Waals surface area contributed by atoms with Gasteiger partial charge in [-0.05, 0) is 68.8 Å². The van der Waals surface area contributed by atoms with Crippen LogP contribution in [-0.2, 0) is 19.4 Å². The van der Waals surface area contributed by atoms with Crippen LogP contribution in [0.3, 0.4) is 0 Å². The van der Waals surface area contributed by atoms with Gasteiger partial charge in [0.15, 0.2) is 0 Å². The standard InChI is InChI=1S/C21H24N4O/c1-25(2)14-15-3-5-17(6-4-15)20-23-21(26-24-20)19-8-7-16-9-11-22-12-10-18(16)13-19/h3-8,13,22H,9-12,14H2,1-2H3. The molecule has 0 aliphatic carbocycles. The van der Waals surface area contributed by atoms with E-state index in [0.29, 0.717) is 11.7 Å². The quantitative estimate of drug-likeness (QED) is 0.785. The van der Waals surface area contributed by atoms with Crippen molar-refractivity contribution in [2.24, 2.45) is 0 Å². The molecule has 0 saturated carbocycles. The van der Waals surface area contributed by atoms with Gasteiger partial charge in [0, 0.05) is 17.7 Å². The minimum atomic E-state index is 0.581. The average Bonchev–Trinajstić information content (AvgIpc) is 3.01. The molecule has 4 rings (SSSR count). The van der Waals surface area contributed by atoms with E-state index in [0.717, 1.165) is 43.6 Å². The van der Waals surface area contributed by atoms with Gasteiger partial charge in [-0.15, -0.1) is 0 Å². The third-order valence-electron chi connectivity index (χ3n) is 4.73. The molecule has 0 bridgehead atoms. The van der Waals surface area contributed by atoms with Crippen molar-refractivity contribution in [3.8, 4) is 22.8 Å². The first-order chi connectivity index (χ1) is 12.7. The summed E-state index contributed by atoms with van der Waals surface area (Å²) < 4.78 is 5.54. The third kappa shape index (κ3) is 3.69. The fourth-order valence-electron chi connectivity index (χ4n) is 3.39. The van der Waals surface area contributed by atoms with Gasteiger partial charge in [0.2, 0.25) is 5.82 Å². The Kier molecular flexibility index (Phi) is 4.82. The first-order valence-electron chi connectivity index (χ1n) is 9.10. The van der Waals surface area contributed by atoms with E-state index in [1.54, 1.807) is 0 Å². The van der Waals surface area contributed by atoms with Crippen LogP contribution in [0.4, 0.5) is 0 Å². The Morgan fingerprint density at radius 1 is 0.962 bits per heavy atom. The molecule has 0 unspecified atom stereocenters. The zero-order valence-electron chi connectivity index (χ0n) is 15.3. The maximum absolute atomic E-state index is 5.54. The monoisotopic (exact) mass is 348 g/mol. The summed E-state index contributed by atoms with van der Waals surface area (Å²) in [5.41, 5.74) is 6.02. The molecule has 3 aromatic rings. The number of nitrogens with zero attached hydrogens (tertiary/aromatic N) is 3. The highest BCUT2D eigenvalue weighted by Crippen LogP contribution is 2.25. The van der Waals surface area contributed by atoms with E-state index in [4.69, 9.17) is 4.52 Å². The van der Waals surface area contributed by atoms with Crippen LogP contribution in [0.5, 0.6) is 0 Å². The minimum absolute atomic E-state index is 0.581. The number of benzene rings is 2. The Hall–Kier alpha value is -2.50. The van der Waals surface area contributed by atoms with Crippen molar-refractivity contribution in [2.75, 3.05) is 27.2 Å². The van der Waals surface area contributed by atoms with Gasteiger partial charge in [-0.3, -0.25) is 0 Å². The molecule has 26 heavy (non-hydrogen) atoms. The minimum Gasteiger partial charge on any atom is -0.334 e. The summed E-state index contributed by atoms with van der Waals surface area (Å²) in [6, 6.07) is 14.8. The van der Waals surface area contributed by atoms with E-state index in [1.165, 1.54) is 16.7 Å². The van der Waals surface area contributed by atoms with Gasteiger partial charge in [-0.2, -0.15) is 4.98 Å². The zero-order valence-corrected chi connectivity index (χ0v) is 15.3. The molecule has 5 nitrogen and oxygen atoms in total. The third-order valence-corrected chi connectivity index (χ3v) is 4.73. The molecule has 1 N–H and O–H groups in total. The predicted octanol–water partition coefficient (Wildman–Crippen LogP) is 3.15. The number of rotatable bonds is 4. The molecule has 1 aliphatic heterocycles. The number of nitrogens with one attached hydrogen (secondary N) is 1.